The molecule has 14 rings (SSSR count). The fourth-order valence-electron chi connectivity index (χ4n) is 10.3. The van der Waals surface area contributed by atoms with Gasteiger partial charge >= 0.3 is 47.1 Å². The van der Waals surface area contributed by atoms with E-state index in [4.69, 9.17) is 120 Å². The van der Waals surface area contributed by atoms with Gasteiger partial charge in [0.1, 0.15) is 23.0 Å². The van der Waals surface area contributed by atoms with Crippen LogP contribution in [0.4, 0.5) is 0 Å². The van der Waals surface area contributed by atoms with Crippen LogP contribution in [0.15, 0.2) is 111 Å². The standard InChI is InChI=1S/C16H15Cl2NO4.C15H15Cl2NO3.C9H10Cl2O3S.C8H8Cl2O.C8H9NO4.C8H9NO3.C8H10O3/c1-22-15(20)13-14(9-5-6-9)23-16(21)19(13)8-7-10-11(17)3-2-4-12(10)18;16-11-2-1-3-12(17)10(11)6-7-18-13(8-19)14(9-4-5-9)21-15(18)20;1-15(12,13)14-6-5-7-8(10)3-2-4-9(7)11;9-7-2-1-3-8(10)6(7)4-5-11;1-12-7(10)5-6(4-2-3-4)13-8(11)9-5;1-11-8(10)6-7(5-2-3-5)12-4-9-6;9-7(5-1-2-5)11-8(10)6-3-4-6/h2-4,9H,5-8H2,1H3;1-3,9,19H,4-8H2;2-4H,5-6H2,1H3;1-3,11H,4-5H2;4H,2-3H2,1H3,(H,9,11);4-5H,2-3H2,1H3;5-6H,1-4H2. The van der Waals surface area contributed by atoms with Gasteiger partial charge in [0, 0.05) is 90.0 Å². The maximum Gasteiger partial charge on any atom is 0.419 e. The van der Waals surface area contributed by atoms with Crippen LogP contribution in [-0.2, 0) is 88.2 Å². The van der Waals surface area contributed by atoms with Crippen molar-refractivity contribution in [3.8, 4) is 0 Å². The number of ether oxygens (including phenoxy) is 4. The van der Waals surface area contributed by atoms with E-state index in [9.17, 15) is 51.9 Å². The number of aliphatic hydroxyl groups excluding tert-OH is 2. The number of carbonyl (C=O) groups is 5. The van der Waals surface area contributed by atoms with Gasteiger partial charge < -0.3 is 46.8 Å². The van der Waals surface area contributed by atoms with E-state index in [1.807, 2.05) is 0 Å². The highest BCUT2D eigenvalue weighted by Gasteiger charge is 2.39. The van der Waals surface area contributed by atoms with Crippen LogP contribution >= 0.6 is 92.8 Å². The molecule has 0 radical (unpaired) electrons. The van der Waals surface area contributed by atoms with Gasteiger partial charge in [0.15, 0.2) is 23.5 Å². The molecule has 0 amide bonds. The van der Waals surface area contributed by atoms with E-state index in [0.29, 0.717) is 118 Å². The number of nitrogens with one attached hydrogen (secondary N) is 1. The number of hydrogen-bond acceptors (Lipinski definition) is 22. The summed E-state index contributed by atoms with van der Waals surface area (Å²) in [4.78, 5) is 97.1. The first kappa shape index (κ1) is 84.4. The van der Waals surface area contributed by atoms with Gasteiger partial charge in [-0.15, -0.1) is 0 Å². The second-order valence-corrected chi connectivity index (χ2v) is 29.9. The molecule has 3 N–H and O–H groups in total. The van der Waals surface area contributed by atoms with Crippen molar-refractivity contribution in [3.05, 3.63) is 219 Å². The number of oxazole rings is 4. The normalized spacial score (nSPS) is 14.8. The first-order valence-electron chi connectivity index (χ1n) is 33.5. The summed E-state index contributed by atoms with van der Waals surface area (Å²) in [5.74, 6) is -0.442. The van der Waals surface area contributed by atoms with Crippen molar-refractivity contribution in [1.29, 1.82) is 0 Å². The second-order valence-electron chi connectivity index (χ2n) is 25.0. The third-order valence-corrected chi connectivity index (χ3v) is 20.2. The molecule has 0 aliphatic heterocycles. The van der Waals surface area contributed by atoms with Crippen LogP contribution in [0.25, 0.3) is 0 Å². The number of esters is 5. The summed E-state index contributed by atoms with van der Waals surface area (Å²) in [5.41, 5.74) is 4.31. The predicted octanol–water partition coefficient (Wildman–Crippen LogP) is 14.9. The zero-order chi connectivity index (χ0) is 77.1. The van der Waals surface area contributed by atoms with Crippen molar-refractivity contribution in [1.82, 2.24) is 19.1 Å². The molecule has 0 bridgehead atoms. The summed E-state index contributed by atoms with van der Waals surface area (Å²) >= 11 is 48.0. The number of halogens is 8. The van der Waals surface area contributed by atoms with Crippen molar-refractivity contribution < 1.29 is 83.4 Å². The van der Waals surface area contributed by atoms with Gasteiger partial charge in [0.05, 0.1) is 58.3 Å². The Morgan fingerprint density at radius 3 is 1.30 bits per heavy atom. The maximum atomic E-state index is 12.1. The van der Waals surface area contributed by atoms with E-state index >= 15 is 0 Å². The minimum atomic E-state index is -3.41. The average molecular weight is 1650 g/mol. The lowest BCUT2D eigenvalue weighted by Gasteiger charge is -2.09. The zero-order valence-corrected chi connectivity index (χ0v) is 64.6. The van der Waals surface area contributed by atoms with Crippen molar-refractivity contribution in [2.75, 3.05) is 40.8 Å². The van der Waals surface area contributed by atoms with Gasteiger partial charge in [-0.3, -0.25) is 27.9 Å². The topological polar surface area (TPSA) is 348 Å². The van der Waals surface area contributed by atoms with Gasteiger partial charge in [-0.05, 0) is 167 Å². The Kier molecular flexibility index (Phi) is 31.7. The number of H-pyrrole nitrogens is 1. The third kappa shape index (κ3) is 24.9. The predicted molar refractivity (Wildman–Crippen MR) is 395 cm³/mol. The van der Waals surface area contributed by atoms with E-state index in [0.717, 1.165) is 100.0 Å². The quantitative estimate of drug-likeness (QED) is 0.0245. The molecular weight excluding hydrogens is 1570 g/mol. The Balaban J connectivity index is 0.000000159. The fraction of sp³-hybridized carbons (Fsp3) is 0.431. The highest BCUT2D eigenvalue weighted by atomic mass is 35.5. The lowest BCUT2D eigenvalue weighted by atomic mass is 10.1. The number of aromatic amines is 1. The van der Waals surface area contributed by atoms with Crippen molar-refractivity contribution in [2.24, 2.45) is 11.8 Å². The van der Waals surface area contributed by atoms with Gasteiger partial charge in [-0.25, -0.2) is 33.8 Å². The molecule has 6 aliphatic rings. The largest absolute Gasteiger partial charge is 0.464 e. The molecule has 0 saturated heterocycles. The molecule has 572 valence electrons. The minimum absolute atomic E-state index is 0.0395. The average Bonchev–Trinajstić information content (AvgIpc) is 1.64. The molecule has 6 fully saturated rings. The van der Waals surface area contributed by atoms with Crippen LogP contribution in [-0.4, -0.2) is 108 Å². The molecule has 4 heterocycles. The molecule has 4 aromatic heterocycles. The number of nitrogens with zero attached hydrogens (tertiary/aromatic N) is 3. The molecule has 6 saturated carbocycles. The Morgan fingerprint density at radius 2 is 0.896 bits per heavy atom. The van der Waals surface area contributed by atoms with Crippen LogP contribution < -0.4 is 17.3 Å². The molecule has 6 aliphatic carbocycles. The van der Waals surface area contributed by atoms with Gasteiger partial charge in [-0.2, -0.15) is 8.42 Å². The monoisotopic (exact) mass is 1640 g/mol. The molecule has 8 aromatic rings. The van der Waals surface area contributed by atoms with Crippen molar-refractivity contribution >= 4 is 133 Å². The lowest BCUT2D eigenvalue weighted by molar-refractivity contribution is -0.161. The molecule has 0 spiro atoms. The Bertz CT molecular complexity index is 4590. The number of methoxy groups -OCH3 is 3. The Labute approximate surface area is 648 Å². The minimum Gasteiger partial charge on any atom is -0.464 e. The van der Waals surface area contributed by atoms with Crippen LogP contribution in [0, 0.1) is 11.8 Å². The van der Waals surface area contributed by atoms with Crippen LogP contribution in [0.3, 0.4) is 0 Å². The zero-order valence-electron chi connectivity index (χ0n) is 57.7. The molecular formula is C72H76Cl8N4O21S. The lowest BCUT2D eigenvalue weighted by Crippen LogP contribution is -2.22. The SMILES string of the molecule is COC(=O)c1[nH]c(=O)oc1C1CC1.COC(=O)c1c(C2CC2)oc(=O)n1CCc1c(Cl)cccc1Cl.COC(=O)c1ncoc1C1CC1.CS(=O)(=O)OCCc1c(Cl)cccc1Cl.O=C(OC(=O)C1CC1)C1CC1.O=c1oc(C2CC2)c(CO)n1CCc1c(Cl)cccc1Cl.OCCc1c(Cl)cccc1Cl. The number of benzene rings is 4. The first-order chi connectivity index (χ1) is 50.6. The molecule has 0 unspecified atom stereocenters. The van der Waals surface area contributed by atoms with E-state index in [-0.39, 0.29) is 79.3 Å². The van der Waals surface area contributed by atoms with Crippen molar-refractivity contribution in [3.63, 3.8) is 0 Å². The summed E-state index contributed by atoms with van der Waals surface area (Å²) in [7, 11) is 0.487. The summed E-state index contributed by atoms with van der Waals surface area (Å²) in [5, 5.41) is 22.6. The van der Waals surface area contributed by atoms with E-state index in [1.54, 1.807) is 72.8 Å². The van der Waals surface area contributed by atoms with E-state index < -0.39 is 45.3 Å². The smallest absolute Gasteiger partial charge is 0.419 e. The number of carbonyl (C=O) groups excluding carboxylic acids is 5. The number of aliphatic hydroxyl groups is 2. The maximum absolute atomic E-state index is 12.1. The highest BCUT2D eigenvalue weighted by Crippen LogP contribution is 2.44. The number of aromatic nitrogens is 4. The van der Waals surface area contributed by atoms with Gasteiger partial charge in [0.25, 0.3) is 10.1 Å². The van der Waals surface area contributed by atoms with Crippen LogP contribution in [0.1, 0.15) is 183 Å². The van der Waals surface area contributed by atoms with Gasteiger partial charge in [-0.1, -0.05) is 117 Å². The Hall–Kier alpha value is -7.18. The van der Waals surface area contributed by atoms with Crippen molar-refractivity contribution in [2.45, 2.75) is 146 Å². The second kappa shape index (κ2) is 39.8. The molecule has 4 aromatic carbocycles. The third-order valence-electron chi connectivity index (χ3n) is 16.8. The van der Waals surface area contributed by atoms with Crippen LogP contribution in [0.2, 0.25) is 40.2 Å². The summed E-state index contributed by atoms with van der Waals surface area (Å²) in [6.07, 6.45) is 15.6. The fourth-order valence-corrected chi connectivity index (χ4v) is 13.0. The summed E-state index contributed by atoms with van der Waals surface area (Å²) in [6.45, 7) is 0.539. The number of hydrogen-bond donors (Lipinski definition) is 3. The molecule has 106 heavy (non-hydrogen) atoms. The molecule has 25 nitrogen and oxygen atoms in total. The first-order valence-corrected chi connectivity index (χ1v) is 38.4. The van der Waals surface area contributed by atoms with Crippen LogP contribution in [0.5, 0.6) is 0 Å². The van der Waals surface area contributed by atoms with E-state index in [1.165, 1.54) is 36.9 Å². The van der Waals surface area contributed by atoms with Gasteiger partial charge in [0.2, 0.25) is 0 Å². The Morgan fingerprint density at radius 1 is 0.509 bits per heavy atom. The summed E-state index contributed by atoms with van der Waals surface area (Å²) < 4.78 is 67.8. The van der Waals surface area contributed by atoms with E-state index in [2.05, 4.69) is 28.4 Å². The molecule has 0 atom stereocenters. The summed E-state index contributed by atoms with van der Waals surface area (Å²) in [6, 6.07) is 21.0. The number of rotatable bonds is 22. The highest BCUT2D eigenvalue weighted by molar-refractivity contribution is 7.86. The molecule has 34 heteroatoms.